The number of imidazole rings is 1. The standard InChI is InChI=1S/C20H26N4O2/c1-14(20(26)23(2)3)21-19(25)17-16-12-8-5-9-13-24(16)18(22-17)15-10-6-4-7-11-15/h4,6-7,10-11,14H,5,8-9,12-13H2,1-3H3,(H,21,25)/t14-/m1/s1. The maximum absolute atomic E-state index is 12.9. The van der Waals surface area contributed by atoms with Crippen molar-refractivity contribution in [1.82, 2.24) is 19.8 Å². The van der Waals surface area contributed by atoms with Gasteiger partial charge < -0.3 is 14.8 Å². The number of amides is 2. The monoisotopic (exact) mass is 354 g/mol. The minimum atomic E-state index is -0.583. The van der Waals surface area contributed by atoms with E-state index in [-0.39, 0.29) is 11.8 Å². The highest BCUT2D eigenvalue weighted by atomic mass is 16.2. The molecule has 2 heterocycles. The minimum Gasteiger partial charge on any atom is -0.347 e. The molecule has 2 amide bonds. The molecule has 1 aromatic carbocycles. The van der Waals surface area contributed by atoms with Crippen molar-refractivity contribution >= 4 is 11.8 Å². The average Bonchev–Trinajstić information content (AvgIpc) is 2.83. The van der Waals surface area contributed by atoms with Crippen LogP contribution in [0.2, 0.25) is 0 Å². The second kappa shape index (κ2) is 7.72. The summed E-state index contributed by atoms with van der Waals surface area (Å²) in [5.74, 6) is 0.423. The van der Waals surface area contributed by atoms with Crippen molar-refractivity contribution in [3.8, 4) is 11.4 Å². The van der Waals surface area contributed by atoms with Gasteiger partial charge in [0.2, 0.25) is 5.91 Å². The molecule has 3 rings (SSSR count). The van der Waals surface area contributed by atoms with E-state index in [2.05, 4.69) is 14.9 Å². The molecule has 0 saturated carbocycles. The van der Waals surface area contributed by atoms with E-state index >= 15 is 0 Å². The third kappa shape index (κ3) is 3.64. The number of carbonyl (C=O) groups is 2. The van der Waals surface area contributed by atoms with Crippen LogP contribution in [0, 0.1) is 0 Å². The first-order chi connectivity index (χ1) is 12.5. The smallest absolute Gasteiger partial charge is 0.272 e. The lowest BCUT2D eigenvalue weighted by molar-refractivity contribution is -0.130. The lowest BCUT2D eigenvalue weighted by Gasteiger charge is -2.17. The van der Waals surface area contributed by atoms with Crippen LogP contribution < -0.4 is 5.32 Å². The van der Waals surface area contributed by atoms with Gasteiger partial charge in [-0.2, -0.15) is 0 Å². The second-order valence-corrected chi connectivity index (χ2v) is 6.99. The fourth-order valence-electron chi connectivity index (χ4n) is 3.42. The first-order valence-corrected chi connectivity index (χ1v) is 9.16. The van der Waals surface area contributed by atoms with Gasteiger partial charge in [0.15, 0.2) is 0 Å². The molecule has 0 aliphatic carbocycles. The van der Waals surface area contributed by atoms with Crippen molar-refractivity contribution in [2.45, 2.75) is 45.2 Å². The van der Waals surface area contributed by atoms with Gasteiger partial charge in [-0.25, -0.2) is 4.98 Å². The van der Waals surface area contributed by atoms with E-state index < -0.39 is 6.04 Å². The largest absolute Gasteiger partial charge is 0.347 e. The first kappa shape index (κ1) is 18.2. The highest BCUT2D eigenvalue weighted by molar-refractivity contribution is 5.97. The molecule has 1 atom stereocenters. The Morgan fingerprint density at radius 3 is 2.58 bits per heavy atom. The van der Waals surface area contributed by atoms with Gasteiger partial charge >= 0.3 is 0 Å². The van der Waals surface area contributed by atoms with Crippen molar-refractivity contribution in [3.63, 3.8) is 0 Å². The van der Waals surface area contributed by atoms with Gasteiger partial charge in [0.1, 0.15) is 17.6 Å². The number of carbonyl (C=O) groups excluding carboxylic acids is 2. The van der Waals surface area contributed by atoms with E-state index in [1.807, 2.05) is 30.3 Å². The predicted octanol–water partition coefficient (Wildman–Crippen LogP) is 2.48. The van der Waals surface area contributed by atoms with E-state index in [9.17, 15) is 9.59 Å². The van der Waals surface area contributed by atoms with Crippen molar-refractivity contribution in [2.24, 2.45) is 0 Å². The average molecular weight is 354 g/mol. The summed E-state index contributed by atoms with van der Waals surface area (Å²) in [4.78, 5) is 31.1. The molecule has 0 spiro atoms. The van der Waals surface area contributed by atoms with Crippen LogP contribution in [0.25, 0.3) is 11.4 Å². The fraction of sp³-hybridized carbons (Fsp3) is 0.450. The molecule has 1 aromatic heterocycles. The van der Waals surface area contributed by atoms with E-state index in [4.69, 9.17) is 0 Å². The molecule has 1 aliphatic heterocycles. The molecule has 26 heavy (non-hydrogen) atoms. The van der Waals surface area contributed by atoms with Crippen LogP contribution in [0.15, 0.2) is 30.3 Å². The number of rotatable bonds is 4. The molecule has 1 N–H and O–H groups in total. The molecule has 0 bridgehead atoms. The Morgan fingerprint density at radius 2 is 1.88 bits per heavy atom. The first-order valence-electron chi connectivity index (χ1n) is 9.16. The quantitative estimate of drug-likeness (QED) is 0.917. The van der Waals surface area contributed by atoms with Crippen molar-refractivity contribution in [3.05, 3.63) is 41.7 Å². The Labute approximate surface area is 154 Å². The maximum atomic E-state index is 12.9. The number of benzene rings is 1. The van der Waals surface area contributed by atoms with Crippen LogP contribution in [0.1, 0.15) is 42.4 Å². The van der Waals surface area contributed by atoms with E-state index in [1.165, 1.54) is 4.90 Å². The number of fused-ring (bicyclic) bond motifs is 1. The summed E-state index contributed by atoms with van der Waals surface area (Å²) in [6, 6.07) is 9.37. The highest BCUT2D eigenvalue weighted by Gasteiger charge is 2.26. The normalized spacial score (nSPS) is 14.9. The van der Waals surface area contributed by atoms with Crippen LogP contribution in [0.3, 0.4) is 0 Å². The summed E-state index contributed by atoms with van der Waals surface area (Å²) in [6.45, 7) is 2.57. The summed E-state index contributed by atoms with van der Waals surface area (Å²) in [6.07, 6.45) is 4.11. The van der Waals surface area contributed by atoms with Crippen LogP contribution in [-0.2, 0) is 17.8 Å². The van der Waals surface area contributed by atoms with Crippen LogP contribution in [0.4, 0.5) is 0 Å². The lowest BCUT2D eigenvalue weighted by atomic mass is 10.1. The van der Waals surface area contributed by atoms with E-state index in [1.54, 1.807) is 21.0 Å². The zero-order valence-electron chi connectivity index (χ0n) is 15.7. The van der Waals surface area contributed by atoms with Crippen molar-refractivity contribution < 1.29 is 9.59 Å². The Bertz CT molecular complexity index is 796. The third-order valence-electron chi connectivity index (χ3n) is 4.77. The molecule has 1 aliphatic rings. The Hall–Kier alpha value is -2.63. The number of hydrogen-bond donors (Lipinski definition) is 1. The number of hydrogen-bond acceptors (Lipinski definition) is 3. The molecule has 2 aromatic rings. The zero-order chi connectivity index (χ0) is 18.7. The molecule has 6 nitrogen and oxygen atoms in total. The second-order valence-electron chi connectivity index (χ2n) is 6.99. The van der Waals surface area contributed by atoms with Crippen molar-refractivity contribution in [2.75, 3.05) is 14.1 Å². The van der Waals surface area contributed by atoms with Gasteiger partial charge in [-0.1, -0.05) is 36.8 Å². The lowest BCUT2D eigenvalue weighted by Crippen LogP contribution is -2.44. The SMILES string of the molecule is C[C@@H](NC(=O)c1nc(-c2ccccc2)n2c1CCCCC2)C(=O)N(C)C. The summed E-state index contributed by atoms with van der Waals surface area (Å²) in [5.41, 5.74) is 2.43. The van der Waals surface area contributed by atoms with Gasteiger partial charge in [0, 0.05) is 26.2 Å². The molecule has 0 fully saturated rings. The topological polar surface area (TPSA) is 67.2 Å². The highest BCUT2D eigenvalue weighted by Crippen LogP contribution is 2.27. The van der Waals surface area contributed by atoms with Crippen molar-refractivity contribution in [1.29, 1.82) is 0 Å². The molecule has 0 radical (unpaired) electrons. The Morgan fingerprint density at radius 1 is 1.15 bits per heavy atom. The van der Waals surface area contributed by atoms with E-state index in [0.29, 0.717) is 5.69 Å². The zero-order valence-corrected chi connectivity index (χ0v) is 15.7. The van der Waals surface area contributed by atoms with Gasteiger partial charge in [-0.05, 0) is 26.2 Å². The molecular formula is C20H26N4O2. The Kier molecular flexibility index (Phi) is 5.40. The maximum Gasteiger partial charge on any atom is 0.272 e. The number of likely N-dealkylation sites (N-methyl/N-ethyl adjacent to an activating group) is 1. The van der Waals surface area contributed by atoms with Gasteiger partial charge in [0.05, 0.1) is 5.69 Å². The van der Waals surface area contributed by atoms with Crippen LogP contribution in [-0.4, -0.2) is 46.4 Å². The Balaban J connectivity index is 1.95. The van der Waals surface area contributed by atoms with Gasteiger partial charge in [0.25, 0.3) is 5.91 Å². The third-order valence-corrected chi connectivity index (χ3v) is 4.77. The molecule has 0 unspecified atom stereocenters. The number of aromatic nitrogens is 2. The minimum absolute atomic E-state index is 0.132. The molecular weight excluding hydrogens is 328 g/mol. The van der Waals surface area contributed by atoms with Crippen LogP contribution in [0.5, 0.6) is 0 Å². The summed E-state index contributed by atoms with van der Waals surface area (Å²) in [7, 11) is 3.36. The summed E-state index contributed by atoms with van der Waals surface area (Å²) in [5, 5.41) is 2.81. The van der Waals surface area contributed by atoms with Crippen LogP contribution >= 0.6 is 0 Å². The number of nitrogens with zero attached hydrogens (tertiary/aromatic N) is 3. The fourth-order valence-corrected chi connectivity index (χ4v) is 3.42. The molecule has 6 heteroatoms. The van der Waals surface area contributed by atoms with E-state index in [0.717, 1.165) is 49.3 Å². The van der Waals surface area contributed by atoms with Gasteiger partial charge in [-0.3, -0.25) is 9.59 Å². The predicted molar refractivity (Wildman–Crippen MR) is 101 cm³/mol. The molecule has 0 saturated heterocycles. The summed E-state index contributed by atoms with van der Waals surface area (Å²) >= 11 is 0. The molecule has 138 valence electrons. The number of nitrogens with one attached hydrogen (secondary N) is 1. The summed E-state index contributed by atoms with van der Waals surface area (Å²) < 4.78 is 2.18. The van der Waals surface area contributed by atoms with Gasteiger partial charge in [-0.15, -0.1) is 0 Å².